The van der Waals surface area contributed by atoms with Crippen molar-refractivity contribution in [2.75, 3.05) is 5.01 Å². The van der Waals surface area contributed by atoms with Crippen LogP contribution in [0.1, 0.15) is 17.9 Å². The van der Waals surface area contributed by atoms with E-state index in [0.29, 0.717) is 6.07 Å². The van der Waals surface area contributed by atoms with E-state index in [9.17, 15) is 40.2 Å². The number of halogens is 8. The highest BCUT2D eigenvalue weighted by atomic mass is 32.1. The van der Waals surface area contributed by atoms with E-state index in [1.165, 1.54) is 29.6 Å². The van der Waals surface area contributed by atoms with Crippen LogP contribution in [0.15, 0.2) is 51.5 Å². The lowest BCUT2D eigenvalue weighted by Crippen LogP contribution is -2.64. The molecule has 0 aromatic carbocycles. The number of nitrogens with zero attached hydrogens (tertiary/aromatic N) is 4. The van der Waals surface area contributed by atoms with E-state index in [0.717, 1.165) is 17.6 Å². The normalized spacial score (nSPS) is 19.8. The molecule has 33 heavy (non-hydrogen) atoms. The average molecular weight is 498 g/mol. The number of furan rings is 1. The summed E-state index contributed by atoms with van der Waals surface area (Å²) < 4.78 is 114. The fourth-order valence-electron chi connectivity index (χ4n) is 3.03. The first-order chi connectivity index (χ1) is 15.2. The molecule has 1 aliphatic rings. The van der Waals surface area contributed by atoms with Gasteiger partial charge < -0.3 is 9.52 Å². The summed E-state index contributed by atoms with van der Waals surface area (Å²) in [6.07, 6.45) is -11.8. The van der Waals surface area contributed by atoms with Crippen LogP contribution in [-0.2, 0) is 6.18 Å². The van der Waals surface area contributed by atoms with Gasteiger partial charge in [0.1, 0.15) is 11.5 Å². The molecule has 1 atom stereocenters. The molecule has 0 bridgehead atoms. The van der Waals surface area contributed by atoms with Crippen molar-refractivity contribution >= 4 is 23.0 Å². The largest absolute Gasteiger partial charge is 0.463 e. The van der Waals surface area contributed by atoms with E-state index in [1.807, 2.05) is 0 Å². The predicted molar refractivity (Wildman–Crippen MR) is 98.6 cm³/mol. The molecule has 4 rings (SSSR count). The zero-order valence-corrected chi connectivity index (χ0v) is 16.6. The molecule has 0 saturated heterocycles. The highest BCUT2D eigenvalue weighted by Crippen LogP contribution is 2.50. The summed E-state index contributed by atoms with van der Waals surface area (Å²) in [6, 6.07) is 5.76. The molecule has 3 aromatic heterocycles. The van der Waals surface area contributed by atoms with Crippen LogP contribution in [0.2, 0.25) is 0 Å². The minimum atomic E-state index is -6.29. The van der Waals surface area contributed by atoms with Gasteiger partial charge in [-0.25, -0.2) is 9.97 Å². The summed E-state index contributed by atoms with van der Waals surface area (Å²) in [5, 5.41) is 15.3. The molecular formula is C18H10F8N4O2S. The second-order valence-corrected chi connectivity index (χ2v) is 7.76. The van der Waals surface area contributed by atoms with E-state index in [2.05, 4.69) is 15.1 Å². The zero-order valence-electron chi connectivity index (χ0n) is 15.8. The Hall–Kier alpha value is -3.07. The monoisotopic (exact) mass is 498 g/mol. The molecule has 4 heterocycles. The summed E-state index contributed by atoms with van der Waals surface area (Å²) in [5.74, 6) is -7.43. The van der Waals surface area contributed by atoms with Gasteiger partial charge in [-0.05, 0) is 29.6 Å². The smallest absolute Gasteiger partial charge is 0.458 e. The van der Waals surface area contributed by atoms with Crippen LogP contribution in [0.25, 0.3) is 10.6 Å². The maximum Gasteiger partial charge on any atom is 0.458 e. The van der Waals surface area contributed by atoms with Gasteiger partial charge in [0.2, 0.25) is 11.7 Å². The van der Waals surface area contributed by atoms with E-state index >= 15 is 0 Å². The van der Waals surface area contributed by atoms with Crippen LogP contribution in [0.5, 0.6) is 0 Å². The van der Waals surface area contributed by atoms with Crippen LogP contribution in [-0.4, -0.2) is 38.6 Å². The molecule has 176 valence electrons. The van der Waals surface area contributed by atoms with Gasteiger partial charge in [0, 0.05) is 0 Å². The SMILES string of the molecule is O[C@]1(C(F)(F)C(F)(F)F)CC(c2ccco2)=NN1c1nc(-c2cccs2)cc(C(F)(F)F)n1. The summed E-state index contributed by atoms with van der Waals surface area (Å²) in [7, 11) is 0. The van der Waals surface area contributed by atoms with E-state index in [1.54, 1.807) is 0 Å². The summed E-state index contributed by atoms with van der Waals surface area (Å²) in [4.78, 5) is 6.95. The first-order valence-electron chi connectivity index (χ1n) is 8.83. The van der Waals surface area contributed by atoms with E-state index in [4.69, 9.17) is 4.42 Å². The Bertz CT molecular complexity index is 1180. The van der Waals surface area contributed by atoms with Crippen LogP contribution in [0, 0.1) is 0 Å². The molecule has 0 unspecified atom stereocenters. The predicted octanol–water partition coefficient (Wildman–Crippen LogP) is 5.32. The van der Waals surface area contributed by atoms with Gasteiger partial charge in [0.25, 0.3) is 0 Å². The third-order valence-corrected chi connectivity index (χ3v) is 5.51. The highest BCUT2D eigenvalue weighted by Gasteiger charge is 2.75. The van der Waals surface area contributed by atoms with Gasteiger partial charge in [-0.2, -0.15) is 45.2 Å². The minimum absolute atomic E-state index is 0.143. The molecule has 0 aliphatic carbocycles. The van der Waals surface area contributed by atoms with Crippen LogP contribution < -0.4 is 5.01 Å². The molecule has 1 aliphatic heterocycles. The Morgan fingerprint density at radius 1 is 1.03 bits per heavy atom. The van der Waals surface area contributed by atoms with Crippen molar-refractivity contribution in [3.8, 4) is 10.6 Å². The summed E-state index contributed by atoms with van der Waals surface area (Å²) >= 11 is 0.937. The summed E-state index contributed by atoms with van der Waals surface area (Å²) in [6.45, 7) is 0. The molecule has 0 amide bonds. The van der Waals surface area contributed by atoms with Crippen molar-refractivity contribution in [3.63, 3.8) is 0 Å². The Morgan fingerprint density at radius 3 is 2.30 bits per heavy atom. The second kappa shape index (κ2) is 7.48. The van der Waals surface area contributed by atoms with Crippen LogP contribution in [0.3, 0.4) is 0 Å². The van der Waals surface area contributed by atoms with Gasteiger partial charge in [-0.15, -0.1) is 11.3 Å². The first-order valence-corrected chi connectivity index (χ1v) is 9.71. The number of aromatic nitrogens is 2. The number of thiophene rings is 1. The number of alkyl halides is 8. The third kappa shape index (κ3) is 3.84. The Morgan fingerprint density at radius 2 is 1.76 bits per heavy atom. The van der Waals surface area contributed by atoms with Gasteiger partial charge in [-0.1, -0.05) is 6.07 Å². The molecule has 0 fully saturated rings. The number of hydrogen-bond acceptors (Lipinski definition) is 7. The number of anilines is 1. The number of hydrogen-bond donors (Lipinski definition) is 1. The maximum atomic E-state index is 14.5. The number of rotatable bonds is 4. The standard InChI is InChI=1S/C18H10F8N4O2S/c19-16(20,21)13-7-9(12-4-2-6-33-12)27-14(28-13)30-15(31,17(22,23)18(24,25)26)8-10(29-30)11-3-1-5-32-11/h1-7,31H,8H2/t15-/m0/s1. The molecule has 0 saturated carbocycles. The highest BCUT2D eigenvalue weighted by molar-refractivity contribution is 7.13. The van der Waals surface area contributed by atoms with Gasteiger partial charge in [0.05, 0.1) is 23.3 Å². The van der Waals surface area contributed by atoms with Crippen molar-refractivity contribution in [2.45, 2.75) is 30.4 Å². The maximum absolute atomic E-state index is 14.5. The Kier molecular flexibility index (Phi) is 5.24. The Labute approximate surface area is 182 Å². The zero-order chi connectivity index (χ0) is 24.2. The van der Waals surface area contributed by atoms with Crippen molar-refractivity contribution < 1.29 is 44.6 Å². The van der Waals surface area contributed by atoms with Crippen molar-refractivity contribution in [1.29, 1.82) is 0 Å². The first kappa shape index (κ1) is 23.1. The fourth-order valence-corrected chi connectivity index (χ4v) is 3.72. The van der Waals surface area contributed by atoms with Gasteiger partial charge in [0.15, 0.2) is 5.69 Å². The van der Waals surface area contributed by atoms with Gasteiger partial charge in [-0.3, -0.25) is 0 Å². The molecule has 0 spiro atoms. The lowest BCUT2D eigenvalue weighted by atomic mass is 9.98. The average Bonchev–Trinajstić information content (AvgIpc) is 3.47. The van der Waals surface area contributed by atoms with Gasteiger partial charge >= 0.3 is 18.3 Å². The number of hydrazone groups is 1. The van der Waals surface area contributed by atoms with Crippen molar-refractivity contribution in [2.24, 2.45) is 5.10 Å². The molecule has 6 nitrogen and oxygen atoms in total. The topological polar surface area (TPSA) is 74.8 Å². The Balaban J connectivity index is 1.94. The molecule has 0 radical (unpaired) electrons. The van der Waals surface area contributed by atoms with E-state index in [-0.39, 0.29) is 15.6 Å². The second-order valence-electron chi connectivity index (χ2n) is 6.81. The lowest BCUT2D eigenvalue weighted by molar-refractivity contribution is -0.339. The quantitative estimate of drug-likeness (QED) is 0.493. The van der Waals surface area contributed by atoms with Crippen molar-refractivity contribution in [1.82, 2.24) is 9.97 Å². The third-order valence-electron chi connectivity index (χ3n) is 4.62. The lowest BCUT2D eigenvalue weighted by Gasteiger charge is -2.38. The van der Waals surface area contributed by atoms with Crippen molar-refractivity contribution in [3.05, 3.63) is 53.4 Å². The van der Waals surface area contributed by atoms with E-state index < -0.39 is 53.5 Å². The molecule has 1 N–H and O–H groups in total. The molecular weight excluding hydrogens is 488 g/mol. The van der Waals surface area contributed by atoms with Crippen LogP contribution in [0.4, 0.5) is 41.1 Å². The fraction of sp³-hybridized carbons (Fsp3) is 0.278. The minimum Gasteiger partial charge on any atom is -0.463 e. The molecule has 15 heteroatoms. The molecule has 3 aromatic rings. The van der Waals surface area contributed by atoms with Crippen LogP contribution >= 0.6 is 11.3 Å². The summed E-state index contributed by atoms with van der Waals surface area (Å²) in [5.41, 5.74) is -6.80. The number of aliphatic hydroxyl groups is 1.